The Balaban J connectivity index is 4.93. The third-order valence-electron chi connectivity index (χ3n) is 3.77. The van der Waals surface area contributed by atoms with Crippen LogP contribution in [0, 0.1) is 5.92 Å². The Morgan fingerprint density at radius 1 is 0.952 bits per heavy atom. The highest BCUT2D eigenvalue weighted by molar-refractivity contribution is 5.25. The second-order valence-corrected chi connectivity index (χ2v) is 5.63. The van der Waals surface area contributed by atoms with Crippen LogP contribution in [0.4, 0.5) is 0 Å². The fourth-order valence-electron chi connectivity index (χ4n) is 2.28. The van der Waals surface area contributed by atoms with Crippen LogP contribution < -0.4 is 0 Å². The molecule has 1 atom stereocenters. The Morgan fingerprint density at radius 3 is 1.86 bits per heavy atom. The molecule has 0 fully saturated rings. The van der Waals surface area contributed by atoms with Crippen molar-refractivity contribution in [2.45, 2.75) is 66.2 Å². The maximum Gasteiger partial charge on any atom is 0.0334 e. The first-order valence-electron chi connectivity index (χ1n) is 8.58. The normalized spacial score (nSPS) is 13.0. The lowest BCUT2D eigenvalue weighted by molar-refractivity contribution is 0.326. The van der Waals surface area contributed by atoms with Gasteiger partial charge in [-0.3, -0.25) is 0 Å². The van der Waals surface area contributed by atoms with Gasteiger partial charge in [-0.15, -0.1) is 0 Å². The number of rotatable bonds is 12. The molecule has 0 saturated heterocycles. The van der Waals surface area contributed by atoms with Gasteiger partial charge in [0.2, 0.25) is 0 Å². The van der Waals surface area contributed by atoms with Crippen LogP contribution in [0.2, 0.25) is 0 Å². The molecule has 0 aliphatic carbocycles. The first-order valence-corrected chi connectivity index (χ1v) is 8.58. The summed E-state index contributed by atoms with van der Waals surface area (Å²) in [5, 5.41) is 0. The minimum atomic E-state index is 0.712. The molecule has 0 saturated carbocycles. The van der Waals surface area contributed by atoms with Crippen LogP contribution >= 0.6 is 0 Å². The summed E-state index contributed by atoms with van der Waals surface area (Å²) in [7, 11) is 0. The molecule has 0 aromatic heterocycles. The largest absolute Gasteiger partial charge is 0.342 e. The van der Waals surface area contributed by atoms with E-state index in [2.05, 4.69) is 70.1 Å². The fourth-order valence-corrected chi connectivity index (χ4v) is 2.28. The molecule has 0 radical (unpaired) electrons. The van der Waals surface area contributed by atoms with Gasteiger partial charge in [-0.2, -0.15) is 0 Å². The number of nitrogens with zero attached hydrogens (tertiary/aromatic N) is 1. The average Bonchev–Trinajstić information content (AvgIpc) is 2.50. The third-order valence-corrected chi connectivity index (χ3v) is 3.77. The van der Waals surface area contributed by atoms with Crippen molar-refractivity contribution in [3.8, 4) is 0 Å². The lowest BCUT2D eigenvalue weighted by Gasteiger charge is -2.30. The molecule has 0 amide bonds. The maximum atomic E-state index is 4.23. The van der Waals surface area contributed by atoms with Crippen LogP contribution in [-0.2, 0) is 0 Å². The number of hydrogen-bond donors (Lipinski definition) is 0. The Bertz CT molecular complexity index is 323. The van der Waals surface area contributed by atoms with Crippen molar-refractivity contribution < 1.29 is 0 Å². The zero-order valence-electron chi connectivity index (χ0n) is 14.7. The molecule has 0 bridgehead atoms. The van der Waals surface area contributed by atoms with Crippen LogP contribution in [-0.4, -0.2) is 11.4 Å². The van der Waals surface area contributed by atoms with Crippen LogP contribution in [0.25, 0.3) is 0 Å². The molecule has 1 heteroatoms. The van der Waals surface area contributed by atoms with Crippen molar-refractivity contribution in [1.82, 2.24) is 4.90 Å². The van der Waals surface area contributed by atoms with Gasteiger partial charge in [0.15, 0.2) is 0 Å². The van der Waals surface area contributed by atoms with E-state index in [1.165, 1.54) is 25.7 Å². The van der Waals surface area contributed by atoms with Crippen LogP contribution in [0.3, 0.4) is 0 Å². The van der Waals surface area contributed by atoms with E-state index >= 15 is 0 Å². The SMILES string of the molecule is C=C(/C=C\CC)N(CC(CC)CCCC)C(=C)/C=C\CC. The van der Waals surface area contributed by atoms with Crippen molar-refractivity contribution in [2.24, 2.45) is 5.92 Å². The van der Waals surface area contributed by atoms with Gasteiger partial charge in [-0.1, -0.05) is 72.3 Å². The molecule has 21 heavy (non-hydrogen) atoms. The second kappa shape index (κ2) is 12.5. The summed E-state index contributed by atoms with van der Waals surface area (Å²) in [6, 6.07) is 0. The monoisotopic (exact) mass is 289 g/mol. The highest BCUT2D eigenvalue weighted by Crippen LogP contribution is 2.21. The molecule has 120 valence electrons. The second-order valence-electron chi connectivity index (χ2n) is 5.63. The smallest absolute Gasteiger partial charge is 0.0334 e. The van der Waals surface area contributed by atoms with Gasteiger partial charge >= 0.3 is 0 Å². The highest BCUT2D eigenvalue weighted by Gasteiger charge is 2.14. The maximum absolute atomic E-state index is 4.23. The van der Waals surface area contributed by atoms with E-state index in [4.69, 9.17) is 0 Å². The standard InChI is InChI=1S/C20H35N/c1-7-11-14-18(5)21(19(6)15-12-8-2)17-20(10-4)16-13-9-3/h11-12,14-15,20H,5-10,13,16-17H2,1-4H3/b14-11-,15-12-. The van der Waals surface area contributed by atoms with E-state index in [1.807, 2.05) is 0 Å². The van der Waals surface area contributed by atoms with Crippen molar-refractivity contribution in [3.63, 3.8) is 0 Å². The molecule has 0 N–H and O–H groups in total. The minimum Gasteiger partial charge on any atom is -0.342 e. The molecular weight excluding hydrogens is 254 g/mol. The summed E-state index contributed by atoms with van der Waals surface area (Å²) in [5.74, 6) is 0.712. The van der Waals surface area contributed by atoms with Crippen LogP contribution in [0.15, 0.2) is 48.9 Å². The van der Waals surface area contributed by atoms with E-state index < -0.39 is 0 Å². The minimum absolute atomic E-state index is 0.712. The van der Waals surface area contributed by atoms with Gasteiger partial charge in [0, 0.05) is 17.9 Å². The number of allylic oxidation sites excluding steroid dienone is 4. The van der Waals surface area contributed by atoms with E-state index in [1.54, 1.807) is 0 Å². The van der Waals surface area contributed by atoms with Gasteiger partial charge < -0.3 is 4.90 Å². The molecule has 0 aromatic carbocycles. The first-order chi connectivity index (χ1) is 10.1. The van der Waals surface area contributed by atoms with E-state index in [9.17, 15) is 0 Å². The lowest BCUT2D eigenvalue weighted by atomic mass is 9.98. The predicted octanol–water partition coefficient (Wildman–Crippen LogP) is 6.46. The van der Waals surface area contributed by atoms with E-state index in [0.29, 0.717) is 5.92 Å². The summed E-state index contributed by atoms with van der Waals surface area (Å²) in [4.78, 5) is 2.28. The first kappa shape index (κ1) is 19.8. The van der Waals surface area contributed by atoms with Gasteiger partial charge in [-0.05, 0) is 37.3 Å². The molecule has 0 heterocycles. The summed E-state index contributed by atoms with van der Waals surface area (Å²) < 4.78 is 0. The van der Waals surface area contributed by atoms with Gasteiger partial charge in [0.1, 0.15) is 0 Å². The zero-order valence-corrected chi connectivity index (χ0v) is 14.7. The molecule has 0 aliphatic rings. The summed E-state index contributed by atoms with van der Waals surface area (Å²) in [6.07, 6.45) is 15.7. The molecule has 0 rings (SSSR count). The van der Waals surface area contributed by atoms with Crippen molar-refractivity contribution >= 4 is 0 Å². The average molecular weight is 290 g/mol. The van der Waals surface area contributed by atoms with Crippen LogP contribution in [0.5, 0.6) is 0 Å². The molecule has 1 nitrogen and oxygen atoms in total. The van der Waals surface area contributed by atoms with Gasteiger partial charge in [0.25, 0.3) is 0 Å². The van der Waals surface area contributed by atoms with E-state index in [0.717, 1.165) is 30.8 Å². The Hall–Kier alpha value is -1.24. The molecule has 0 spiro atoms. The molecular formula is C20H35N. The van der Waals surface area contributed by atoms with Crippen LogP contribution in [0.1, 0.15) is 66.2 Å². The highest BCUT2D eigenvalue weighted by atomic mass is 15.1. The number of unbranched alkanes of at least 4 members (excludes halogenated alkanes) is 1. The summed E-state index contributed by atoms with van der Waals surface area (Å²) in [5.41, 5.74) is 2.11. The molecule has 1 unspecified atom stereocenters. The predicted molar refractivity (Wildman–Crippen MR) is 97.2 cm³/mol. The lowest BCUT2D eigenvalue weighted by Crippen LogP contribution is -2.26. The Morgan fingerprint density at radius 2 is 1.48 bits per heavy atom. The number of hydrogen-bond acceptors (Lipinski definition) is 1. The van der Waals surface area contributed by atoms with Gasteiger partial charge in [-0.25, -0.2) is 0 Å². The summed E-state index contributed by atoms with van der Waals surface area (Å²) >= 11 is 0. The zero-order chi connectivity index (χ0) is 16.1. The van der Waals surface area contributed by atoms with Gasteiger partial charge in [0.05, 0.1) is 0 Å². The topological polar surface area (TPSA) is 3.24 Å². The third kappa shape index (κ3) is 8.60. The quantitative estimate of drug-likeness (QED) is 0.372. The fraction of sp³-hybridized carbons (Fsp3) is 0.600. The Kier molecular flexibility index (Phi) is 11.8. The molecule has 0 aromatic rings. The van der Waals surface area contributed by atoms with Crippen molar-refractivity contribution in [3.05, 3.63) is 48.9 Å². The van der Waals surface area contributed by atoms with E-state index in [-0.39, 0.29) is 0 Å². The molecule has 0 aliphatic heterocycles. The van der Waals surface area contributed by atoms with Crippen molar-refractivity contribution in [2.75, 3.05) is 6.54 Å². The Labute approximate surface area is 133 Å². The summed E-state index contributed by atoms with van der Waals surface area (Å²) in [6.45, 7) is 18.3. The van der Waals surface area contributed by atoms with Crippen molar-refractivity contribution in [1.29, 1.82) is 0 Å².